The smallest absolute Gasteiger partial charge is 0.162 e. The average molecular weight is 138 g/mol. The van der Waals surface area contributed by atoms with Crippen LogP contribution in [0.3, 0.4) is 0 Å². The van der Waals surface area contributed by atoms with Gasteiger partial charge in [0.05, 0.1) is 0 Å². The average Bonchev–Trinajstić information content (AvgIpc) is 2.03. The van der Waals surface area contributed by atoms with Gasteiger partial charge < -0.3 is 0 Å². The quantitative estimate of drug-likeness (QED) is 0.582. The highest BCUT2D eigenvalue weighted by molar-refractivity contribution is 5.95. The van der Waals surface area contributed by atoms with Crippen LogP contribution in [0.4, 0.5) is 0 Å². The van der Waals surface area contributed by atoms with E-state index in [4.69, 9.17) is 4.11 Å². The Labute approximate surface area is 64.1 Å². The second-order valence-corrected chi connectivity index (χ2v) is 1.84. The van der Waals surface area contributed by atoms with Crippen LogP contribution in [-0.2, 0) is 0 Å². The lowest BCUT2D eigenvalue weighted by Crippen LogP contribution is -1.95. The molecule has 10 heavy (non-hydrogen) atoms. The summed E-state index contributed by atoms with van der Waals surface area (Å²) in [4.78, 5) is 15.0. The van der Waals surface area contributed by atoms with Gasteiger partial charge in [0.1, 0.15) is 0 Å². The second kappa shape index (κ2) is 3.11. The zero-order valence-electron chi connectivity index (χ0n) is 8.37. The van der Waals surface area contributed by atoms with Crippen molar-refractivity contribution in [2.75, 3.05) is 0 Å². The number of carbonyl (C=O) groups excluding carboxylic acids is 1. The number of nitrogens with zero attached hydrogens (tertiary/aromatic N) is 1. The van der Waals surface area contributed by atoms with Gasteiger partial charge in [-0.15, -0.1) is 0 Å². The van der Waals surface area contributed by atoms with Gasteiger partial charge in [0.25, 0.3) is 0 Å². The molecule has 1 rings (SSSR count). The first-order valence-electron chi connectivity index (χ1n) is 4.42. The molecule has 1 aromatic rings. The van der Waals surface area contributed by atoms with Gasteiger partial charge in [0.15, 0.2) is 5.78 Å². The van der Waals surface area contributed by atoms with Gasteiger partial charge in [-0.2, -0.15) is 0 Å². The number of aromatic nitrogens is 1. The zero-order chi connectivity index (χ0) is 9.90. The predicted octanol–water partition coefficient (Wildman–Crippen LogP) is 1.67. The van der Waals surface area contributed by atoms with Gasteiger partial charge in [-0.3, -0.25) is 9.78 Å². The fraction of sp³-hybridized carbons (Fsp3) is 0.250. The summed E-state index contributed by atoms with van der Waals surface area (Å²) in [5, 5.41) is 0. The minimum atomic E-state index is -2.19. The van der Waals surface area contributed by atoms with Gasteiger partial charge in [-0.05, 0) is 12.1 Å². The first kappa shape index (κ1) is 3.86. The standard InChI is InChI=1S/C8H9NO/c1-2-8(10)7-3-5-9-6-4-7/h3-6H,2H2,1H3/i1D3. The Morgan fingerprint density at radius 1 is 1.70 bits per heavy atom. The maximum Gasteiger partial charge on any atom is 0.162 e. The van der Waals surface area contributed by atoms with Crippen molar-refractivity contribution >= 4 is 5.78 Å². The number of carbonyl (C=O) groups is 1. The molecule has 0 amide bonds. The number of pyridine rings is 1. The molecule has 0 fully saturated rings. The van der Waals surface area contributed by atoms with Crippen LogP contribution in [0.2, 0.25) is 0 Å². The topological polar surface area (TPSA) is 30.0 Å². The van der Waals surface area contributed by atoms with Crippen molar-refractivity contribution in [3.8, 4) is 0 Å². The lowest BCUT2D eigenvalue weighted by Gasteiger charge is -1.93. The third-order valence-electron chi connectivity index (χ3n) is 1.16. The molecule has 0 bridgehead atoms. The van der Waals surface area contributed by atoms with E-state index in [1.165, 1.54) is 24.5 Å². The molecule has 1 heterocycles. The highest BCUT2D eigenvalue weighted by Gasteiger charge is 1.98. The van der Waals surface area contributed by atoms with Crippen molar-refractivity contribution in [1.82, 2.24) is 4.98 Å². The molecule has 0 aromatic carbocycles. The van der Waals surface area contributed by atoms with Gasteiger partial charge >= 0.3 is 0 Å². The van der Waals surface area contributed by atoms with E-state index in [1.807, 2.05) is 0 Å². The van der Waals surface area contributed by atoms with E-state index in [9.17, 15) is 4.79 Å². The highest BCUT2D eigenvalue weighted by atomic mass is 16.1. The van der Waals surface area contributed by atoms with Gasteiger partial charge in [-0.25, -0.2) is 0 Å². The number of ketones is 1. The lowest BCUT2D eigenvalue weighted by molar-refractivity contribution is 0.0988. The number of hydrogen-bond acceptors (Lipinski definition) is 2. The Kier molecular flexibility index (Phi) is 1.20. The Hall–Kier alpha value is -1.18. The molecule has 2 heteroatoms. The van der Waals surface area contributed by atoms with E-state index >= 15 is 0 Å². The summed E-state index contributed by atoms with van der Waals surface area (Å²) in [7, 11) is 0. The summed E-state index contributed by atoms with van der Waals surface area (Å²) in [5.74, 6) is -0.373. The Bertz CT molecular complexity index is 294. The summed E-state index contributed by atoms with van der Waals surface area (Å²) >= 11 is 0. The molecule has 0 atom stereocenters. The molecule has 0 aliphatic heterocycles. The van der Waals surface area contributed by atoms with Crippen LogP contribution < -0.4 is 0 Å². The third-order valence-corrected chi connectivity index (χ3v) is 1.16. The van der Waals surface area contributed by atoms with E-state index in [1.54, 1.807) is 0 Å². The van der Waals surface area contributed by atoms with E-state index in [0.29, 0.717) is 5.56 Å². The third kappa shape index (κ3) is 1.41. The second-order valence-electron chi connectivity index (χ2n) is 1.84. The van der Waals surface area contributed by atoms with Crippen LogP contribution in [0, 0.1) is 0 Å². The minimum Gasteiger partial charge on any atom is -0.294 e. The van der Waals surface area contributed by atoms with Crippen molar-refractivity contribution in [3.05, 3.63) is 30.1 Å². The van der Waals surface area contributed by atoms with Crippen molar-refractivity contribution in [1.29, 1.82) is 0 Å². The molecule has 2 nitrogen and oxygen atoms in total. The monoisotopic (exact) mass is 138 g/mol. The molecule has 0 saturated carbocycles. The molecule has 0 N–H and O–H groups in total. The molecule has 0 spiro atoms. The Balaban J connectivity index is 2.71. The van der Waals surface area contributed by atoms with E-state index in [2.05, 4.69) is 4.98 Å². The Morgan fingerprint density at radius 2 is 2.40 bits per heavy atom. The van der Waals surface area contributed by atoms with Crippen LogP contribution in [0.1, 0.15) is 27.7 Å². The first-order chi connectivity index (χ1) is 5.99. The van der Waals surface area contributed by atoms with Crippen LogP contribution in [0.25, 0.3) is 0 Å². The van der Waals surface area contributed by atoms with Crippen LogP contribution >= 0.6 is 0 Å². The molecule has 0 saturated heterocycles. The van der Waals surface area contributed by atoms with E-state index in [-0.39, 0.29) is 5.78 Å². The molecule has 0 unspecified atom stereocenters. The Morgan fingerprint density at radius 3 is 3.00 bits per heavy atom. The zero-order valence-corrected chi connectivity index (χ0v) is 5.37. The normalized spacial score (nSPS) is 15.0. The van der Waals surface area contributed by atoms with E-state index in [0.717, 1.165) is 0 Å². The summed E-state index contributed by atoms with van der Waals surface area (Å²) in [6.45, 7) is -2.19. The van der Waals surface area contributed by atoms with Crippen molar-refractivity contribution in [3.63, 3.8) is 0 Å². The molecule has 0 radical (unpaired) electrons. The summed E-state index contributed by atoms with van der Waals surface area (Å²) in [6, 6.07) is 3.02. The number of rotatable bonds is 2. The van der Waals surface area contributed by atoms with Crippen LogP contribution in [0.15, 0.2) is 24.5 Å². The predicted molar refractivity (Wildman–Crippen MR) is 38.9 cm³/mol. The van der Waals surface area contributed by atoms with Gasteiger partial charge in [-0.1, -0.05) is 6.85 Å². The van der Waals surface area contributed by atoms with Crippen molar-refractivity contribution < 1.29 is 8.91 Å². The SMILES string of the molecule is [2H]C([2H])([2H])CC(=O)c1ccncc1. The molecular formula is C8H9NO. The molecule has 0 aliphatic carbocycles. The number of hydrogen-bond donors (Lipinski definition) is 0. The summed E-state index contributed by atoms with van der Waals surface area (Å²) < 4.78 is 20.7. The van der Waals surface area contributed by atoms with Crippen molar-refractivity contribution in [2.45, 2.75) is 13.3 Å². The summed E-state index contributed by atoms with van der Waals surface area (Å²) in [5.41, 5.74) is 0.395. The fourth-order valence-electron chi connectivity index (χ4n) is 0.640. The molecule has 0 aliphatic rings. The molecule has 1 aromatic heterocycles. The number of Topliss-reactive ketones (excluding diaryl/α,β-unsaturated/α-hetero) is 1. The van der Waals surface area contributed by atoms with Crippen molar-refractivity contribution in [2.24, 2.45) is 0 Å². The highest BCUT2D eigenvalue weighted by Crippen LogP contribution is 1.99. The largest absolute Gasteiger partial charge is 0.294 e. The van der Waals surface area contributed by atoms with Gasteiger partial charge in [0.2, 0.25) is 0 Å². The first-order valence-corrected chi connectivity index (χ1v) is 2.92. The molecule has 52 valence electrons. The maximum atomic E-state index is 11.3. The summed E-state index contributed by atoms with van der Waals surface area (Å²) in [6.07, 6.45) is 2.51. The fourth-order valence-corrected chi connectivity index (χ4v) is 0.640. The maximum absolute atomic E-state index is 11.3. The minimum absolute atomic E-state index is 0.373. The van der Waals surface area contributed by atoms with Crippen LogP contribution in [-0.4, -0.2) is 10.8 Å². The van der Waals surface area contributed by atoms with Crippen LogP contribution in [0.5, 0.6) is 0 Å². The lowest BCUT2D eigenvalue weighted by atomic mass is 10.1. The molecular weight excluding hydrogens is 126 g/mol. The van der Waals surface area contributed by atoms with Gasteiger partial charge in [0, 0.05) is 28.5 Å². The van der Waals surface area contributed by atoms with E-state index < -0.39 is 13.3 Å².